The molecular weight excluding hydrogens is 306 g/mol. The highest BCUT2D eigenvalue weighted by Gasteiger charge is 2.20. The average molecular weight is 325 g/mol. The van der Waals surface area contributed by atoms with Gasteiger partial charge in [-0.3, -0.25) is 0 Å². The van der Waals surface area contributed by atoms with E-state index in [-0.39, 0.29) is 11.7 Å². The standard InChI is InChI=1S/C17H19N5O2/c1-23-10-11-24-17-19-16(15(12-18)20-21-17)22-8-6-13-4-2-3-5-14(13)7-9-22/h2-5H,6-11H2,1H3. The van der Waals surface area contributed by atoms with Crippen molar-refractivity contribution in [1.82, 2.24) is 15.2 Å². The molecule has 0 amide bonds. The van der Waals surface area contributed by atoms with Crippen LogP contribution in [0.5, 0.6) is 6.01 Å². The number of hydrogen-bond acceptors (Lipinski definition) is 7. The van der Waals surface area contributed by atoms with Gasteiger partial charge in [0, 0.05) is 20.2 Å². The fourth-order valence-corrected chi connectivity index (χ4v) is 2.75. The summed E-state index contributed by atoms with van der Waals surface area (Å²) in [7, 11) is 1.60. The van der Waals surface area contributed by atoms with Crippen molar-refractivity contribution >= 4 is 5.82 Å². The van der Waals surface area contributed by atoms with Crippen molar-refractivity contribution in [2.45, 2.75) is 12.8 Å². The first-order valence-electron chi connectivity index (χ1n) is 7.90. The maximum absolute atomic E-state index is 9.32. The third-order valence-corrected chi connectivity index (χ3v) is 3.99. The first kappa shape index (κ1) is 16.1. The maximum atomic E-state index is 9.32. The molecule has 0 N–H and O–H groups in total. The molecule has 2 aromatic rings. The highest BCUT2D eigenvalue weighted by Crippen LogP contribution is 2.22. The number of nitrogens with zero attached hydrogens (tertiary/aromatic N) is 5. The zero-order chi connectivity index (χ0) is 16.8. The summed E-state index contributed by atoms with van der Waals surface area (Å²) in [6.45, 7) is 2.34. The molecule has 0 bridgehead atoms. The van der Waals surface area contributed by atoms with Crippen LogP contribution in [-0.4, -0.2) is 48.6 Å². The molecule has 0 atom stereocenters. The van der Waals surface area contributed by atoms with E-state index < -0.39 is 0 Å². The van der Waals surface area contributed by atoms with E-state index in [2.05, 4.69) is 50.4 Å². The highest BCUT2D eigenvalue weighted by molar-refractivity contribution is 5.51. The predicted octanol–water partition coefficient (Wildman–Crippen LogP) is 1.37. The molecule has 0 aliphatic carbocycles. The number of nitriles is 1. The zero-order valence-electron chi connectivity index (χ0n) is 13.6. The Labute approximate surface area is 140 Å². The van der Waals surface area contributed by atoms with E-state index in [1.54, 1.807) is 7.11 Å². The summed E-state index contributed by atoms with van der Waals surface area (Å²) in [5.74, 6) is 0.535. The second-order valence-corrected chi connectivity index (χ2v) is 5.48. The molecule has 0 unspecified atom stereocenters. The van der Waals surface area contributed by atoms with Crippen LogP contribution < -0.4 is 9.64 Å². The van der Waals surface area contributed by atoms with Crippen molar-refractivity contribution in [2.24, 2.45) is 0 Å². The molecule has 1 aromatic carbocycles. The summed E-state index contributed by atoms with van der Waals surface area (Å²) < 4.78 is 10.4. The number of hydrogen-bond donors (Lipinski definition) is 0. The monoisotopic (exact) mass is 325 g/mol. The lowest BCUT2D eigenvalue weighted by Gasteiger charge is -2.21. The van der Waals surface area contributed by atoms with E-state index in [0.29, 0.717) is 19.0 Å². The number of benzene rings is 1. The second-order valence-electron chi connectivity index (χ2n) is 5.48. The van der Waals surface area contributed by atoms with Crippen molar-refractivity contribution in [1.29, 1.82) is 5.26 Å². The van der Waals surface area contributed by atoms with Gasteiger partial charge >= 0.3 is 6.01 Å². The van der Waals surface area contributed by atoms with Gasteiger partial charge in [0.05, 0.1) is 6.61 Å². The van der Waals surface area contributed by atoms with Gasteiger partial charge in [0.15, 0.2) is 5.82 Å². The number of anilines is 1. The second kappa shape index (κ2) is 7.70. The van der Waals surface area contributed by atoms with Crippen molar-refractivity contribution < 1.29 is 9.47 Å². The summed E-state index contributed by atoms with van der Waals surface area (Å²) >= 11 is 0. The number of ether oxygens (including phenoxy) is 2. The molecule has 2 heterocycles. The molecule has 1 aliphatic rings. The maximum Gasteiger partial charge on any atom is 0.337 e. The van der Waals surface area contributed by atoms with Gasteiger partial charge in [-0.1, -0.05) is 29.4 Å². The van der Waals surface area contributed by atoms with Crippen LogP contribution in [0.25, 0.3) is 0 Å². The SMILES string of the molecule is COCCOc1nnc(C#N)c(N2CCc3ccccc3CC2)n1. The minimum atomic E-state index is 0.169. The van der Waals surface area contributed by atoms with Crippen LogP contribution >= 0.6 is 0 Å². The van der Waals surface area contributed by atoms with Gasteiger partial charge in [0.25, 0.3) is 0 Å². The molecule has 0 radical (unpaired) electrons. The van der Waals surface area contributed by atoms with E-state index in [4.69, 9.17) is 9.47 Å². The topological polar surface area (TPSA) is 84.2 Å². The summed E-state index contributed by atoms with van der Waals surface area (Å²) in [5, 5.41) is 17.1. The molecule has 0 saturated carbocycles. The normalized spacial score (nSPS) is 13.8. The fraction of sp³-hybridized carbons (Fsp3) is 0.412. The van der Waals surface area contributed by atoms with E-state index >= 15 is 0 Å². The minimum Gasteiger partial charge on any atom is -0.460 e. The molecule has 0 fully saturated rings. The highest BCUT2D eigenvalue weighted by atomic mass is 16.5. The Kier molecular flexibility index (Phi) is 5.18. The van der Waals surface area contributed by atoms with Crippen LogP contribution in [0.2, 0.25) is 0 Å². The number of methoxy groups -OCH3 is 1. The molecule has 7 heteroatoms. The molecule has 1 aromatic heterocycles. The first-order valence-corrected chi connectivity index (χ1v) is 7.90. The molecule has 7 nitrogen and oxygen atoms in total. The summed E-state index contributed by atoms with van der Waals surface area (Å²) in [4.78, 5) is 6.48. The van der Waals surface area contributed by atoms with Gasteiger partial charge in [0.1, 0.15) is 12.7 Å². The smallest absolute Gasteiger partial charge is 0.337 e. The minimum absolute atomic E-state index is 0.169. The van der Waals surface area contributed by atoms with Gasteiger partial charge in [-0.15, -0.1) is 5.10 Å². The molecule has 1 aliphatic heterocycles. The van der Waals surface area contributed by atoms with E-state index in [9.17, 15) is 5.26 Å². The van der Waals surface area contributed by atoms with Crippen LogP contribution in [-0.2, 0) is 17.6 Å². The Morgan fingerprint density at radius 2 is 1.83 bits per heavy atom. The number of rotatable bonds is 5. The van der Waals surface area contributed by atoms with Crippen molar-refractivity contribution in [3.8, 4) is 12.1 Å². The Bertz CT molecular complexity index is 717. The van der Waals surface area contributed by atoms with Crippen LogP contribution in [0, 0.1) is 11.3 Å². The lowest BCUT2D eigenvalue weighted by atomic mass is 10.0. The fourth-order valence-electron chi connectivity index (χ4n) is 2.75. The molecule has 0 spiro atoms. The molecular formula is C17H19N5O2. The zero-order valence-corrected chi connectivity index (χ0v) is 13.6. The van der Waals surface area contributed by atoms with E-state index in [1.807, 2.05) is 0 Å². The van der Waals surface area contributed by atoms with Gasteiger partial charge in [-0.2, -0.15) is 10.2 Å². The Balaban J connectivity index is 1.80. The van der Waals surface area contributed by atoms with Crippen LogP contribution in [0.1, 0.15) is 16.8 Å². The summed E-state index contributed by atoms with van der Waals surface area (Å²) in [5.41, 5.74) is 2.91. The van der Waals surface area contributed by atoms with Crippen LogP contribution in [0.4, 0.5) is 5.82 Å². The van der Waals surface area contributed by atoms with E-state index in [1.165, 1.54) is 11.1 Å². The van der Waals surface area contributed by atoms with Gasteiger partial charge < -0.3 is 14.4 Å². The third kappa shape index (κ3) is 3.60. The largest absolute Gasteiger partial charge is 0.460 e. The quantitative estimate of drug-likeness (QED) is 0.768. The van der Waals surface area contributed by atoms with Gasteiger partial charge in [-0.25, -0.2) is 0 Å². The lowest BCUT2D eigenvalue weighted by Crippen LogP contribution is -2.28. The first-order chi connectivity index (χ1) is 11.8. The Morgan fingerprint density at radius 1 is 1.12 bits per heavy atom. The number of aromatic nitrogens is 3. The van der Waals surface area contributed by atoms with E-state index in [0.717, 1.165) is 25.9 Å². The molecule has 24 heavy (non-hydrogen) atoms. The Morgan fingerprint density at radius 3 is 2.46 bits per heavy atom. The van der Waals surface area contributed by atoms with Crippen molar-refractivity contribution in [2.75, 3.05) is 38.3 Å². The average Bonchev–Trinajstić information content (AvgIpc) is 2.84. The van der Waals surface area contributed by atoms with Crippen LogP contribution in [0.15, 0.2) is 24.3 Å². The molecule has 3 rings (SSSR count). The molecule has 0 saturated heterocycles. The molecule has 124 valence electrons. The lowest BCUT2D eigenvalue weighted by molar-refractivity contribution is 0.140. The van der Waals surface area contributed by atoms with Gasteiger partial charge in [-0.05, 0) is 24.0 Å². The van der Waals surface area contributed by atoms with Crippen molar-refractivity contribution in [3.63, 3.8) is 0 Å². The predicted molar refractivity (Wildman–Crippen MR) is 88.0 cm³/mol. The summed E-state index contributed by atoms with van der Waals surface area (Å²) in [6.07, 6.45) is 1.82. The number of fused-ring (bicyclic) bond motifs is 1. The van der Waals surface area contributed by atoms with Crippen LogP contribution in [0.3, 0.4) is 0 Å². The van der Waals surface area contributed by atoms with Crippen molar-refractivity contribution in [3.05, 3.63) is 41.1 Å². The van der Waals surface area contributed by atoms with Gasteiger partial charge in [0.2, 0.25) is 5.69 Å². The Hall–Kier alpha value is -2.72. The summed E-state index contributed by atoms with van der Waals surface area (Å²) in [6, 6.07) is 10.7. The third-order valence-electron chi connectivity index (χ3n) is 3.99.